The second-order valence-corrected chi connectivity index (χ2v) is 6.07. The van der Waals surface area contributed by atoms with E-state index < -0.39 is 24.2 Å². The van der Waals surface area contributed by atoms with E-state index in [-0.39, 0.29) is 17.2 Å². The number of methoxy groups -OCH3 is 1. The maximum Gasteiger partial charge on any atom is 0.438 e. The molecule has 1 aliphatic rings. The maximum absolute atomic E-state index is 13.2. The number of carbonyl (C=O) groups is 1. The van der Waals surface area contributed by atoms with Gasteiger partial charge < -0.3 is 14.6 Å². The Balaban J connectivity index is 1.78. The molecule has 6 nitrogen and oxygen atoms in total. The summed E-state index contributed by atoms with van der Waals surface area (Å²) in [5, 5.41) is 13.4. The summed E-state index contributed by atoms with van der Waals surface area (Å²) in [4.78, 5) is 12.5. The molecule has 0 fully saturated rings. The number of hydrogen-bond acceptors (Lipinski definition) is 5. The lowest BCUT2D eigenvalue weighted by Gasteiger charge is -2.32. The molecular formula is C19H17F3N2O4. The van der Waals surface area contributed by atoms with Gasteiger partial charge in [0.05, 0.1) is 7.11 Å². The van der Waals surface area contributed by atoms with E-state index in [4.69, 9.17) is 9.47 Å². The summed E-state index contributed by atoms with van der Waals surface area (Å²) in [6.07, 6.45) is -5.00. The molecule has 148 valence electrons. The van der Waals surface area contributed by atoms with Crippen LogP contribution in [0.25, 0.3) is 0 Å². The number of nitrogens with zero attached hydrogens (tertiary/aromatic N) is 2. The van der Waals surface area contributed by atoms with Gasteiger partial charge in [-0.2, -0.15) is 23.3 Å². The third-order valence-corrected chi connectivity index (χ3v) is 4.21. The molecular weight excluding hydrogens is 377 g/mol. The maximum atomic E-state index is 13.2. The number of alkyl halides is 3. The van der Waals surface area contributed by atoms with E-state index in [1.54, 1.807) is 30.3 Å². The second kappa shape index (κ2) is 7.51. The van der Waals surface area contributed by atoms with Crippen LogP contribution in [0.2, 0.25) is 0 Å². The summed E-state index contributed by atoms with van der Waals surface area (Å²) < 4.78 is 50.4. The van der Waals surface area contributed by atoms with Gasteiger partial charge in [0.15, 0.2) is 11.5 Å². The van der Waals surface area contributed by atoms with Crippen molar-refractivity contribution in [2.75, 3.05) is 7.11 Å². The molecule has 0 saturated heterocycles. The summed E-state index contributed by atoms with van der Waals surface area (Å²) >= 11 is 0. The quantitative estimate of drug-likeness (QED) is 0.844. The number of hydrogen-bond donors (Lipinski definition) is 1. The van der Waals surface area contributed by atoms with E-state index >= 15 is 0 Å². The lowest BCUT2D eigenvalue weighted by Crippen LogP contribution is -2.56. The zero-order valence-corrected chi connectivity index (χ0v) is 14.8. The Kier molecular flexibility index (Phi) is 5.28. The second-order valence-electron chi connectivity index (χ2n) is 6.07. The largest absolute Gasteiger partial charge is 0.493 e. The highest BCUT2D eigenvalue weighted by molar-refractivity contribution is 5.96. The van der Waals surface area contributed by atoms with Crippen molar-refractivity contribution in [2.45, 2.75) is 24.9 Å². The van der Waals surface area contributed by atoms with Crippen LogP contribution in [0.4, 0.5) is 13.2 Å². The first-order valence-electron chi connectivity index (χ1n) is 8.27. The number of amides is 1. The lowest BCUT2D eigenvalue weighted by molar-refractivity contribution is -0.297. The van der Waals surface area contributed by atoms with E-state index in [1.165, 1.54) is 25.3 Å². The highest BCUT2D eigenvalue weighted by Gasteiger charge is 2.61. The summed E-state index contributed by atoms with van der Waals surface area (Å²) in [6, 6.07) is 12.9. The minimum Gasteiger partial charge on any atom is -0.493 e. The summed E-state index contributed by atoms with van der Waals surface area (Å²) in [7, 11) is 1.50. The molecule has 2 aromatic carbocycles. The number of halogens is 3. The van der Waals surface area contributed by atoms with Gasteiger partial charge in [0.1, 0.15) is 6.61 Å². The van der Waals surface area contributed by atoms with Gasteiger partial charge >= 0.3 is 6.18 Å². The SMILES string of the molecule is COc1ccccc1OCc1cccc(C(=O)N2N=CC[C@@]2(O)C(F)(F)F)c1. The molecule has 1 N–H and O–H groups in total. The van der Waals surface area contributed by atoms with Crippen molar-refractivity contribution in [1.82, 2.24) is 5.01 Å². The Bertz CT molecular complexity index is 901. The van der Waals surface area contributed by atoms with Gasteiger partial charge in [-0.05, 0) is 29.8 Å². The smallest absolute Gasteiger partial charge is 0.438 e. The van der Waals surface area contributed by atoms with Crippen molar-refractivity contribution in [3.63, 3.8) is 0 Å². The van der Waals surface area contributed by atoms with E-state index in [9.17, 15) is 23.1 Å². The number of ether oxygens (including phenoxy) is 2. The Morgan fingerprint density at radius 3 is 2.61 bits per heavy atom. The molecule has 1 amide bonds. The molecule has 9 heteroatoms. The van der Waals surface area contributed by atoms with Gasteiger partial charge in [0.2, 0.25) is 0 Å². The van der Waals surface area contributed by atoms with E-state index in [0.29, 0.717) is 17.1 Å². The normalized spacial score (nSPS) is 19.0. The molecule has 3 rings (SSSR count). The zero-order chi connectivity index (χ0) is 20.4. The Morgan fingerprint density at radius 2 is 1.93 bits per heavy atom. The minimum absolute atomic E-state index is 0.0529. The third kappa shape index (κ3) is 3.65. The fourth-order valence-corrected chi connectivity index (χ4v) is 2.70. The fraction of sp³-hybridized carbons (Fsp3) is 0.263. The van der Waals surface area contributed by atoms with Gasteiger partial charge in [-0.25, -0.2) is 0 Å². The minimum atomic E-state index is -5.04. The van der Waals surface area contributed by atoms with E-state index in [0.717, 1.165) is 6.21 Å². The highest BCUT2D eigenvalue weighted by Crippen LogP contribution is 2.39. The Morgan fingerprint density at radius 1 is 1.21 bits per heavy atom. The topological polar surface area (TPSA) is 71.4 Å². The van der Waals surface area contributed by atoms with Crippen LogP contribution in [-0.4, -0.2) is 41.2 Å². The van der Waals surface area contributed by atoms with Gasteiger partial charge in [-0.15, -0.1) is 0 Å². The van der Waals surface area contributed by atoms with Crippen molar-refractivity contribution in [3.8, 4) is 11.5 Å². The molecule has 1 aliphatic heterocycles. The number of aliphatic hydroxyl groups is 1. The first-order valence-corrected chi connectivity index (χ1v) is 8.27. The standard InChI is InChI=1S/C19H17F3N2O4/c1-27-15-7-2-3-8-16(15)28-12-13-5-4-6-14(11-13)17(25)24-18(26,9-10-23-24)19(20,21)22/h2-8,10-11,26H,9,12H2,1H3/t18-/m1/s1. The molecule has 28 heavy (non-hydrogen) atoms. The van der Waals surface area contributed by atoms with Crippen LogP contribution in [-0.2, 0) is 6.61 Å². The lowest BCUT2D eigenvalue weighted by atomic mass is 10.1. The van der Waals surface area contributed by atoms with Crippen molar-refractivity contribution in [2.24, 2.45) is 5.10 Å². The van der Waals surface area contributed by atoms with Gasteiger partial charge in [-0.1, -0.05) is 24.3 Å². The van der Waals surface area contributed by atoms with Crippen LogP contribution in [0.5, 0.6) is 11.5 Å². The summed E-state index contributed by atoms with van der Waals surface area (Å²) in [6.45, 7) is 0.0638. The first kappa shape index (κ1) is 19.7. The number of rotatable bonds is 5. The fourth-order valence-electron chi connectivity index (χ4n) is 2.70. The van der Waals surface area contributed by atoms with Crippen LogP contribution < -0.4 is 9.47 Å². The molecule has 1 atom stereocenters. The molecule has 0 aliphatic carbocycles. The van der Waals surface area contributed by atoms with Crippen LogP contribution >= 0.6 is 0 Å². The van der Waals surface area contributed by atoms with Crippen molar-refractivity contribution in [1.29, 1.82) is 0 Å². The van der Waals surface area contributed by atoms with Crippen molar-refractivity contribution in [3.05, 3.63) is 59.7 Å². The molecule has 0 unspecified atom stereocenters. The molecule has 2 aromatic rings. The monoisotopic (exact) mass is 394 g/mol. The van der Waals surface area contributed by atoms with Crippen molar-refractivity contribution >= 4 is 12.1 Å². The van der Waals surface area contributed by atoms with Gasteiger partial charge in [0, 0.05) is 18.2 Å². The predicted octanol–water partition coefficient (Wildman–Crippen LogP) is 3.36. The number of para-hydroxylation sites is 2. The molecule has 0 saturated carbocycles. The molecule has 0 radical (unpaired) electrons. The number of benzene rings is 2. The zero-order valence-electron chi connectivity index (χ0n) is 14.8. The van der Waals surface area contributed by atoms with E-state index in [1.807, 2.05) is 0 Å². The first-order chi connectivity index (χ1) is 13.3. The van der Waals surface area contributed by atoms with Crippen molar-refractivity contribution < 1.29 is 32.5 Å². The summed E-state index contributed by atoms with van der Waals surface area (Å²) in [5.41, 5.74) is -2.85. The third-order valence-electron chi connectivity index (χ3n) is 4.21. The average Bonchev–Trinajstić information content (AvgIpc) is 3.09. The predicted molar refractivity (Wildman–Crippen MR) is 94.1 cm³/mol. The van der Waals surface area contributed by atoms with Crippen LogP contribution in [0.3, 0.4) is 0 Å². The Hall–Kier alpha value is -3.07. The molecule has 0 bridgehead atoms. The van der Waals surface area contributed by atoms with Crippen LogP contribution in [0.15, 0.2) is 53.6 Å². The van der Waals surface area contributed by atoms with Gasteiger partial charge in [-0.3, -0.25) is 4.79 Å². The number of carbonyl (C=O) groups excluding carboxylic acids is 1. The van der Waals surface area contributed by atoms with E-state index in [2.05, 4.69) is 5.10 Å². The van der Waals surface area contributed by atoms with Gasteiger partial charge in [0.25, 0.3) is 11.6 Å². The molecule has 0 aromatic heterocycles. The molecule has 0 spiro atoms. The average molecular weight is 394 g/mol. The molecule has 1 heterocycles. The van der Waals surface area contributed by atoms with Crippen LogP contribution in [0, 0.1) is 0 Å². The Labute approximate surface area is 158 Å². The van der Waals surface area contributed by atoms with Crippen LogP contribution in [0.1, 0.15) is 22.3 Å². The number of hydrazone groups is 1. The summed E-state index contributed by atoms with van der Waals surface area (Å²) in [5.74, 6) is -0.0542. The highest BCUT2D eigenvalue weighted by atomic mass is 19.4.